The van der Waals surface area contributed by atoms with Gasteiger partial charge in [-0.3, -0.25) is 4.79 Å². The van der Waals surface area contributed by atoms with Crippen LogP contribution in [0.5, 0.6) is 5.75 Å². The minimum Gasteiger partial charge on any atom is -0.492 e. The predicted octanol–water partition coefficient (Wildman–Crippen LogP) is 4.22. The van der Waals surface area contributed by atoms with Gasteiger partial charge in [0.15, 0.2) is 0 Å². The van der Waals surface area contributed by atoms with Crippen LogP contribution in [0.3, 0.4) is 0 Å². The summed E-state index contributed by atoms with van der Waals surface area (Å²) >= 11 is 3.41. The van der Waals surface area contributed by atoms with Crippen LogP contribution in [0.25, 0.3) is 0 Å². The first-order chi connectivity index (χ1) is 10.5. The van der Waals surface area contributed by atoms with Gasteiger partial charge >= 0.3 is 0 Å². The highest BCUT2D eigenvalue weighted by Gasteiger charge is 2.14. The molecule has 0 heterocycles. The summed E-state index contributed by atoms with van der Waals surface area (Å²) in [6.07, 6.45) is 0. The van der Waals surface area contributed by atoms with Crippen molar-refractivity contribution in [2.75, 3.05) is 20.2 Å². The molecule has 22 heavy (non-hydrogen) atoms. The molecule has 0 saturated carbocycles. The molecule has 4 heteroatoms. The number of nitrogens with zero attached hydrogens (tertiary/aromatic N) is 1. The van der Waals surface area contributed by atoms with Gasteiger partial charge < -0.3 is 9.64 Å². The minimum absolute atomic E-state index is 0.0119. The fourth-order valence-corrected chi connectivity index (χ4v) is 2.66. The molecule has 0 aliphatic carbocycles. The van der Waals surface area contributed by atoms with Gasteiger partial charge in [0.25, 0.3) is 5.91 Å². The third kappa shape index (κ3) is 4.34. The Morgan fingerprint density at radius 2 is 1.95 bits per heavy atom. The van der Waals surface area contributed by atoms with Gasteiger partial charge in [-0.25, -0.2) is 0 Å². The van der Waals surface area contributed by atoms with Crippen molar-refractivity contribution in [2.24, 2.45) is 0 Å². The van der Waals surface area contributed by atoms with E-state index in [1.807, 2.05) is 56.3 Å². The lowest BCUT2D eigenvalue weighted by atomic mass is 10.1. The third-order valence-corrected chi connectivity index (χ3v) is 3.94. The topological polar surface area (TPSA) is 29.5 Å². The zero-order chi connectivity index (χ0) is 16.1. The SMILES string of the molecule is Cc1cccc(OCCN(C)C(=O)c2ccc(Br)cc2C)c1. The number of hydrogen-bond donors (Lipinski definition) is 0. The molecule has 3 nitrogen and oxygen atoms in total. The molecule has 0 bridgehead atoms. The quantitative estimate of drug-likeness (QED) is 0.797. The number of carbonyl (C=O) groups excluding carboxylic acids is 1. The molecule has 2 aromatic carbocycles. The zero-order valence-electron chi connectivity index (χ0n) is 13.1. The van der Waals surface area contributed by atoms with E-state index in [0.29, 0.717) is 13.2 Å². The fraction of sp³-hybridized carbons (Fsp3) is 0.278. The number of halogens is 1. The van der Waals surface area contributed by atoms with E-state index in [0.717, 1.165) is 26.9 Å². The lowest BCUT2D eigenvalue weighted by Gasteiger charge is -2.19. The van der Waals surface area contributed by atoms with Crippen molar-refractivity contribution in [2.45, 2.75) is 13.8 Å². The maximum absolute atomic E-state index is 12.4. The van der Waals surface area contributed by atoms with Crippen LogP contribution >= 0.6 is 15.9 Å². The van der Waals surface area contributed by atoms with Gasteiger partial charge in [0.05, 0.1) is 6.54 Å². The first-order valence-electron chi connectivity index (χ1n) is 7.18. The molecular formula is C18H20BrNO2. The largest absolute Gasteiger partial charge is 0.492 e. The van der Waals surface area contributed by atoms with Crippen molar-refractivity contribution in [3.8, 4) is 5.75 Å². The van der Waals surface area contributed by atoms with Crippen molar-refractivity contribution in [1.29, 1.82) is 0 Å². The molecule has 0 fully saturated rings. The van der Waals surface area contributed by atoms with E-state index in [2.05, 4.69) is 15.9 Å². The van der Waals surface area contributed by atoms with Crippen molar-refractivity contribution in [3.05, 3.63) is 63.6 Å². The summed E-state index contributed by atoms with van der Waals surface area (Å²) in [7, 11) is 1.80. The van der Waals surface area contributed by atoms with Crippen LogP contribution in [0.15, 0.2) is 46.9 Å². The van der Waals surface area contributed by atoms with Crippen molar-refractivity contribution >= 4 is 21.8 Å². The first kappa shape index (κ1) is 16.6. The number of hydrogen-bond acceptors (Lipinski definition) is 2. The maximum Gasteiger partial charge on any atom is 0.253 e. The van der Waals surface area contributed by atoms with Crippen LogP contribution in [0.1, 0.15) is 21.5 Å². The van der Waals surface area contributed by atoms with Crippen LogP contribution in [0.4, 0.5) is 0 Å². The smallest absolute Gasteiger partial charge is 0.253 e. The molecule has 1 amide bonds. The highest BCUT2D eigenvalue weighted by molar-refractivity contribution is 9.10. The summed E-state index contributed by atoms with van der Waals surface area (Å²) in [5.74, 6) is 0.846. The Hall–Kier alpha value is -1.81. The Morgan fingerprint density at radius 3 is 2.64 bits per heavy atom. The predicted molar refractivity (Wildman–Crippen MR) is 92.5 cm³/mol. The van der Waals surface area contributed by atoms with E-state index < -0.39 is 0 Å². The van der Waals surface area contributed by atoms with Gasteiger partial charge in [-0.15, -0.1) is 0 Å². The molecule has 0 aliphatic heterocycles. The van der Waals surface area contributed by atoms with Gasteiger partial charge in [0, 0.05) is 17.1 Å². The molecule has 0 radical (unpaired) electrons. The second-order valence-corrected chi connectivity index (χ2v) is 6.27. The van der Waals surface area contributed by atoms with Crippen molar-refractivity contribution in [3.63, 3.8) is 0 Å². The lowest BCUT2D eigenvalue weighted by molar-refractivity contribution is 0.0773. The van der Waals surface area contributed by atoms with E-state index in [-0.39, 0.29) is 5.91 Å². The van der Waals surface area contributed by atoms with E-state index in [4.69, 9.17) is 4.74 Å². The van der Waals surface area contributed by atoms with E-state index >= 15 is 0 Å². The number of benzene rings is 2. The summed E-state index contributed by atoms with van der Waals surface area (Å²) in [5.41, 5.74) is 2.85. The second-order valence-electron chi connectivity index (χ2n) is 5.35. The molecule has 116 valence electrons. The molecule has 0 aromatic heterocycles. The standard InChI is InChI=1S/C18H20BrNO2/c1-13-5-4-6-16(11-13)22-10-9-20(3)18(21)17-8-7-15(19)12-14(17)2/h4-8,11-12H,9-10H2,1-3H3. The molecule has 0 spiro atoms. The summed E-state index contributed by atoms with van der Waals surface area (Å²) < 4.78 is 6.67. The zero-order valence-corrected chi connectivity index (χ0v) is 14.7. The number of likely N-dealkylation sites (N-methyl/N-ethyl adjacent to an activating group) is 1. The van der Waals surface area contributed by atoms with Gasteiger partial charge in [-0.05, 0) is 55.3 Å². The van der Waals surface area contributed by atoms with Crippen LogP contribution < -0.4 is 4.74 Å². The number of rotatable bonds is 5. The van der Waals surface area contributed by atoms with Gasteiger partial charge in [0.1, 0.15) is 12.4 Å². The Labute approximate surface area is 140 Å². The molecule has 0 unspecified atom stereocenters. The van der Waals surface area contributed by atoms with E-state index in [1.54, 1.807) is 11.9 Å². The number of amides is 1. The fourth-order valence-electron chi connectivity index (χ4n) is 2.18. The normalized spacial score (nSPS) is 10.4. The van der Waals surface area contributed by atoms with Gasteiger partial charge in [0.2, 0.25) is 0 Å². The Kier molecular flexibility index (Phi) is 5.61. The van der Waals surface area contributed by atoms with E-state index in [9.17, 15) is 4.79 Å². The Bertz CT molecular complexity index is 670. The molecule has 0 saturated heterocycles. The molecule has 0 N–H and O–H groups in total. The molecule has 0 atom stereocenters. The van der Waals surface area contributed by atoms with Crippen LogP contribution in [-0.4, -0.2) is 31.0 Å². The summed E-state index contributed by atoms with van der Waals surface area (Å²) in [5, 5.41) is 0. The van der Waals surface area contributed by atoms with Crippen LogP contribution in [0.2, 0.25) is 0 Å². The Balaban J connectivity index is 1.91. The minimum atomic E-state index is 0.0119. The number of aryl methyl sites for hydroxylation is 2. The third-order valence-electron chi connectivity index (χ3n) is 3.45. The highest BCUT2D eigenvalue weighted by Crippen LogP contribution is 2.17. The highest BCUT2D eigenvalue weighted by atomic mass is 79.9. The number of ether oxygens (including phenoxy) is 1. The van der Waals surface area contributed by atoms with Crippen LogP contribution in [-0.2, 0) is 0 Å². The summed E-state index contributed by atoms with van der Waals surface area (Å²) in [6.45, 7) is 4.98. The molecular weight excluding hydrogens is 342 g/mol. The first-order valence-corrected chi connectivity index (χ1v) is 7.98. The van der Waals surface area contributed by atoms with Crippen molar-refractivity contribution in [1.82, 2.24) is 4.90 Å². The average Bonchev–Trinajstić information content (AvgIpc) is 2.46. The number of carbonyl (C=O) groups is 1. The van der Waals surface area contributed by atoms with E-state index in [1.165, 1.54) is 0 Å². The average molecular weight is 362 g/mol. The lowest BCUT2D eigenvalue weighted by Crippen LogP contribution is -2.31. The summed E-state index contributed by atoms with van der Waals surface area (Å²) in [6, 6.07) is 13.6. The molecule has 2 rings (SSSR count). The van der Waals surface area contributed by atoms with Gasteiger partial charge in [-0.1, -0.05) is 28.1 Å². The Morgan fingerprint density at radius 1 is 1.18 bits per heavy atom. The van der Waals surface area contributed by atoms with Crippen LogP contribution in [0, 0.1) is 13.8 Å². The second kappa shape index (κ2) is 7.45. The maximum atomic E-state index is 12.4. The monoisotopic (exact) mass is 361 g/mol. The van der Waals surface area contributed by atoms with Crippen molar-refractivity contribution < 1.29 is 9.53 Å². The summed E-state index contributed by atoms with van der Waals surface area (Å²) in [4.78, 5) is 14.1. The van der Waals surface area contributed by atoms with Gasteiger partial charge in [-0.2, -0.15) is 0 Å². The molecule has 2 aromatic rings. The molecule has 0 aliphatic rings.